The van der Waals surface area contributed by atoms with Gasteiger partial charge in [0.25, 0.3) is 0 Å². The topological polar surface area (TPSA) is 60.2 Å². The van der Waals surface area contributed by atoms with E-state index in [1.54, 1.807) is 17.4 Å². The third kappa shape index (κ3) is 4.01. The standard InChI is InChI=1S/C13H16ClN3OS/c1-2-18-13-10(15)4-6-12(17-13)16-8-7-9-3-5-11(14)19-9/h3-6H,2,7-8,15H2,1H3,(H,16,17). The van der Waals surface area contributed by atoms with E-state index in [1.165, 1.54) is 4.88 Å². The molecule has 2 rings (SSSR count). The van der Waals surface area contributed by atoms with Gasteiger partial charge in [0, 0.05) is 11.4 Å². The summed E-state index contributed by atoms with van der Waals surface area (Å²) in [5.74, 6) is 1.24. The van der Waals surface area contributed by atoms with Crippen LogP contribution in [0.4, 0.5) is 11.5 Å². The largest absolute Gasteiger partial charge is 0.476 e. The number of pyridine rings is 1. The highest BCUT2D eigenvalue weighted by Crippen LogP contribution is 2.23. The Kier molecular flexibility index (Phi) is 4.87. The molecule has 0 aliphatic rings. The number of anilines is 2. The minimum Gasteiger partial charge on any atom is -0.476 e. The zero-order valence-corrected chi connectivity index (χ0v) is 12.2. The van der Waals surface area contributed by atoms with Gasteiger partial charge in [0.05, 0.1) is 16.6 Å². The van der Waals surface area contributed by atoms with Crippen LogP contribution in [0.3, 0.4) is 0 Å². The predicted octanol–water partition coefficient (Wildman–Crippen LogP) is 3.43. The number of aromatic nitrogens is 1. The van der Waals surface area contributed by atoms with E-state index in [0.29, 0.717) is 18.2 Å². The van der Waals surface area contributed by atoms with Crippen LogP contribution in [-0.2, 0) is 6.42 Å². The zero-order valence-electron chi connectivity index (χ0n) is 10.6. The third-order valence-corrected chi connectivity index (χ3v) is 3.77. The summed E-state index contributed by atoms with van der Waals surface area (Å²) in [6.45, 7) is 3.25. The van der Waals surface area contributed by atoms with Crippen molar-refractivity contribution in [2.45, 2.75) is 13.3 Å². The molecule has 102 valence electrons. The average Bonchev–Trinajstić information content (AvgIpc) is 2.79. The Labute approximate surface area is 121 Å². The molecule has 0 atom stereocenters. The van der Waals surface area contributed by atoms with Gasteiger partial charge in [-0.05, 0) is 37.6 Å². The van der Waals surface area contributed by atoms with Gasteiger partial charge in [-0.25, -0.2) is 0 Å². The number of nitrogens with one attached hydrogen (secondary N) is 1. The number of nitrogens with zero attached hydrogens (tertiary/aromatic N) is 1. The lowest BCUT2D eigenvalue weighted by molar-refractivity contribution is 0.329. The fourth-order valence-electron chi connectivity index (χ4n) is 1.60. The molecule has 0 saturated heterocycles. The summed E-state index contributed by atoms with van der Waals surface area (Å²) < 4.78 is 6.17. The fraction of sp³-hybridized carbons (Fsp3) is 0.308. The second-order valence-electron chi connectivity index (χ2n) is 3.91. The summed E-state index contributed by atoms with van der Waals surface area (Å²) in [6, 6.07) is 7.59. The molecule has 0 spiro atoms. The summed E-state index contributed by atoms with van der Waals surface area (Å²) in [5.41, 5.74) is 6.32. The molecule has 0 bridgehead atoms. The molecule has 0 amide bonds. The second kappa shape index (κ2) is 6.63. The van der Waals surface area contributed by atoms with Crippen LogP contribution in [0, 0.1) is 0 Å². The highest BCUT2D eigenvalue weighted by molar-refractivity contribution is 7.16. The van der Waals surface area contributed by atoms with Gasteiger partial charge in [-0.15, -0.1) is 11.3 Å². The number of rotatable bonds is 6. The van der Waals surface area contributed by atoms with Crippen molar-refractivity contribution >= 4 is 34.4 Å². The first-order valence-electron chi connectivity index (χ1n) is 6.06. The van der Waals surface area contributed by atoms with E-state index in [9.17, 15) is 0 Å². The summed E-state index contributed by atoms with van der Waals surface area (Å²) >= 11 is 7.48. The van der Waals surface area contributed by atoms with Gasteiger partial charge in [-0.1, -0.05) is 11.6 Å². The Hall–Kier alpha value is -1.46. The Morgan fingerprint density at radius 2 is 2.21 bits per heavy atom. The molecule has 0 radical (unpaired) electrons. The highest BCUT2D eigenvalue weighted by Gasteiger charge is 2.04. The lowest BCUT2D eigenvalue weighted by Gasteiger charge is -2.09. The molecule has 0 saturated carbocycles. The number of halogens is 1. The van der Waals surface area contributed by atoms with Crippen molar-refractivity contribution in [2.24, 2.45) is 0 Å². The van der Waals surface area contributed by atoms with E-state index >= 15 is 0 Å². The first kappa shape index (κ1) is 14.0. The average molecular weight is 298 g/mol. The van der Waals surface area contributed by atoms with E-state index in [-0.39, 0.29) is 0 Å². The maximum absolute atomic E-state index is 5.88. The maximum Gasteiger partial charge on any atom is 0.239 e. The van der Waals surface area contributed by atoms with E-state index in [4.69, 9.17) is 22.1 Å². The lowest BCUT2D eigenvalue weighted by Crippen LogP contribution is -2.07. The van der Waals surface area contributed by atoms with Crippen molar-refractivity contribution in [3.8, 4) is 5.88 Å². The summed E-state index contributed by atoms with van der Waals surface area (Å²) in [5, 5.41) is 3.25. The molecule has 6 heteroatoms. The van der Waals surface area contributed by atoms with Gasteiger partial charge in [0.15, 0.2) is 0 Å². The molecule has 0 fully saturated rings. The molecule has 2 aromatic rings. The van der Waals surface area contributed by atoms with Crippen molar-refractivity contribution in [2.75, 3.05) is 24.2 Å². The molecule has 2 aromatic heterocycles. The zero-order chi connectivity index (χ0) is 13.7. The number of hydrogen-bond acceptors (Lipinski definition) is 5. The van der Waals surface area contributed by atoms with Crippen molar-refractivity contribution in [1.82, 2.24) is 4.98 Å². The molecule has 3 N–H and O–H groups in total. The second-order valence-corrected chi connectivity index (χ2v) is 5.71. The van der Waals surface area contributed by atoms with E-state index in [2.05, 4.69) is 10.3 Å². The Bertz CT molecular complexity index is 544. The van der Waals surface area contributed by atoms with Gasteiger partial charge in [-0.2, -0.15) is 4.98 Å². The minimum absolute atomic E-state index is 0.478. The Morgan fingerprint density at radius 1 is 1.37 bits per heavy atom. The molecule has 0 aliphatic heterocycles. The number of nitrogen functional groups attached to an aromatic ring is 1. The van der Waals surface area contributed by atoms with Crippen LogP contribution in [0.5, 0.6) is 5.88 Å². The number of ether oxygens (including phenoxy) is 1. The van der Waals surface area contributed by atoms with Crippen molar-refractivity contribution in [3.63, 3.8) is 0 Å². The lowest BCUT2D eigenvalue weighted by atomic mass is 10.3. The molecule has 19 heavy (non-hydrogen) atoms. The predicted molar refractivity (Wildman–Crippen MR) is 81.3 cm³/mol. The number of hydrogen-bond donors (Lipinski definition) is 2. The Balaban J connectivity index is 1.90. The SMILES string of the molecule is CCOc1nc(NCCc2ccc(Cl)s2)ccc1N. The summed E-state index contributed by atoms with van der Waals surface area (Å²) in [6.07, 6.45) is 0.910. The monoisotopic (exact) mass is 297 g/mol. The van der Waals surface area contributed by atoms with Crippen LogP contribution >= 0.6 is 22.9 Å². The molecular formula is C13H16ClN3OS. The maximum atomic E-state index is 5.88. The first-order chi connectivity index (χ1) is 9.19. The van der Waals surface area contributed by atoms with Gasteiger partial charge in [-0.3, -0.25) is 0 Å². The van der Waals surface area contributed by atoms with Crippen molar-refractivity contribution in [3.05, 3.63) is 33.5 Å². The Morgan fingerprint density at radius 3 is 2.89 bits per heavy atom. The van der Waals surface area contributed by atoms with E-state index in [1.807, 2.05) is 25.1 Å². The molecule has 0 aromatic carbocycles. The van der Waals surface area contributed by atoms with Crippen LogP contribution in [0.25, 0.3) is 0 Å². The van der Waals surface area contributed by atoms with Crippen LogP contribution in [0.1, 0.15) is 11.8 Å². The van der Waals surface area contributed by atoms with Crippen LogP contribution in [0.15, 0.2) is 24.3 Å². The first-order valence-corrected chi connectivity index (χ1v) is 7.26. The molecule has 0 aliphatic carbocycles. The quantitative estimate of drug-likeness (QED) is 0.857. The molecule has 2 heterocycles. The smallest absolute Gasteiger partial charge is 0.239 e. The van der Waals surface area contributed by atoms with Crippen molar-refractivity contribution < 1.29 is 4.74 Å². The third-order valence-electron chi connectivity index (χ3n) is 2.48. The fourth-order valence-corrected chi connectivity index (χ4v) is 2.69. The molecular weight excluding hydrogens is 282 g/mol. The highest BCUT2D eigenvalue weighted by atomic mass is 35.5. The number of nitrogens with two attached hydrogens (primary N) is 1. The van der Waals surface area contributed by atoms with Crippen molar-refractivity contribution in [1.29, 1.82) is 0 Å². The van der Waals surface area contributed by atoms with Crippen LogP contribution in [-0.4, -0.2) is 18.1 Å². The van der Waals surface area contributed by atoms with E-state index in [0.717, 1.165) is 23.1 Å². The van der Waals surface area contributed by atoms with Gasteiger partial charge in [0.1, 0.15) is 5.82 Å². The van der Waals surface area contributed by atoms with Gasteiger partial charge >= 0.3 is 0 Å². The van der Waals surface area contributed by atoms with Crippen LogP contribution in [0.2, 0.25) is 4.34 Å². The number of thiophene rings is 1. The molecule has 4 nitrogen and oxygen atoms in total. The van der Waals surface area contributed by atoms with E-state index < -0.39 is 0 Å². The van der Waals surface area contributed by atoms with Gasteiger partial charge < -0.3 is 15.8 Å². The summed E-state index contributed by atoms with van der Waals surface area (Å²) in [4.78, 5) is 5.57. The van der Waals surface area contributed by atoms with Gasteiger partial charge in [0.2, 0.25) is 5.88 Å². The normalized spacial score (nSPS) is 10.4. The molecule has 0 unspecified atom stereocenters. The minimum atomic E-state index is 0.478. The van der Waals surface area contributed by atoms with Crippen LogP contribution < -0.4 is 15.8 Å². The summed E-state index contributed by atoms with van der Waals surface area (Å²) in [7, 11) is 0.